The number of carbonyl (C=O) groups excluding carboxylic acids is 1. The topological polar surface area (TPSA) is 61.2 Å². The molecule has 0 N–H and O–H groups in total. The number of benzene rings is 2. The zero-order valence-electron chi connectivity index (χ0n) is 19.2. The van der Waals surface area contributed by atoms with Gasteiger partial charge in [0.1, 0.15) is 10.6 Å². The molecule has 0 aliphatic heterocycles. The first-order valence-corrected chi connectivity index (χ1v) is 13.4. The van der Waals surface area contributed by atoms with Crippen LogP contribution >= 0.6 is 23.1 Å². The fourth-order valence-corrected chi connectivity index (χ4v) is 6.72. The fourth-order valence-electron chi connectivity index (χ4n) is 4.39. The number of aryl methyl sites for hydroxylation is 1. The molecule has 174 valence electrons. The third kappa shape index (κ3) is 4.42. The van der Waals surface area contributed by atoms with Crippen LogP contribution in [-0.4, -0.2) is 27.7 Å². The Balaban J connectivity index is 1.59. The Bertz CT molecular complexity index is 1390. The highest BCUT2D eigenvalue weighted by molar-refractivity contribution is 7.99. The molecule has 5 nitrogen and oxygen atoms in total. The number of thioether (sulfide) groups is 1. The summed E-state index contributed by atoms with van der Waals surface area (Å²) in [5.74, 6) is 1.59. The van der Waals surface area contributed by atoms with Crippen LogP contribution in [0.3, 0.4) is 0 Å². The van der Waals surface area contributed by atoms with E-state index in [2.05, 4.69) is 6.92 Å². The predicted octanol–water partition coefficient (Wildman–Crippen LogP) is 5.95. The maximum atomic E-state index is 13.9. The van der Waals surface area contributed by atoms with E-state index in [4.69, 9.17) is 9.72 Å². The van der Waals surface area contributed by atoms with Crippen molar-refractivity contribution in [3.8, 4) is 11.4 Å². The number of ketones is 1. The maximum absolute atomic E-state index is 13.9. The molecule has 7 heteroatoms. The van der Waals surface area contributed by atoms with Crippen molar-refractivity contribution in [2.24, 2.45) is 5.92 Å². The number of rotatable bonds is 7. The summed E-state index contributed by atoms with van der Waals surface area (Å²) in [5.41, 5.74) is 2.48. The summed E-state index contributed by atoms with van der Waals surface area (Å²) >= 11 is 2.95. The van der Waals surface area contributed by atoms with Crippen molar-refractivity contribution in [1.29, 1.82) is 0 Å². The number of thiophene rings is 1. The highest BCUT2D eigenvalue weighted by Gasteiger charge is 2.25. The highest BCUT2D eigenvalue weighted by Crippen LogP contribution is 2.37. The predicted molar refractivity (Wildman–Crippen MR) is 139 cm³/mol. The van der Waals surface area contributed by atoms with Gasteiger partial charge in [0, 0.05) is 10.4 Å². The number of fused-ring (bicyclic) bond motifs is 3. The number of carbonyl (C=O) groups is 1. The minimum atomic E-state index is -0.0594. The van der Waals surface area contributed by atoms with Gasteiger partial charge in [0.15, 0.2) is 10.9 Å². The molecule has 0 bridgehead atoms. The van der Waals surface area contributed by atoms with Crippen LogP contribution in [0.4, 0.5) is 0 Å². The average Bonchev–Trinajstić information content (AvgIpc) is 3.21. The highest BCUT2D eigenvalue weighted by atomic mass is 32.2. The molecule has 0 spiro atoms. The standard InChI is InChI=1S/C27H26N2O3S2/c1-3-32-20-12-10-19(11-13-20)29-26(31)24-21-14-9-17(2)15-23(21)34-25(24)28-27(29)33-16-22(30)18-7-5-4-6-8-18/h4-8,10-13,17H,3,9,14-16H2,1-2H3. The molecule has 1 atom stereocenters. The number of ether oxygens (including phenoxy) is 1. The number of Topliss-reactive ketones (excluding diaryl/α,β-unsaturated/α-hetero) is 1. The summed E-state index contributed by atoms with van der Waals surface area (Å²) < 4.78 is 7.23. The van der Waals surface area contributed by atoms with E-state index in [0.717, 1.165) is 46.5 Å². The van der Waals surface area contributed by atoms with E-state index in [1.807, 2.05) is 61.5 Å². The molecular formula is C27H26N2O3S2. The lowest BCUT2D eigenvalue weighted by molar-refractivity contribution is 0.102. The first-order valence-electron chi connectivity index (χ1n) is 11.6. The minimum absolute atomic E-state index is 0.0116. The van der Waals surface area contributed by atoms with Gasteiger partial charge in [-0.3, -0.25) is 14.2 Å². The fraction of sp³-hybridized carbons (Fsp3) is 0.296. The van der Waals surface area contributed by atoms with Crippen LogP contribution in [0.1, 0.15) is 41.1 Å². The molecule has 1 aliphatic rings. The second-order valence-electron chi connectivity index (χ2n) is 8.57. The van der Waals surface area contributed by atoms with E-state index < -0.39 is 0 Å². The van der Waals surface area contributed by atoms with Crippen molar-refractivity contribution in [2.45, 2.75) is 38.3 Å². The molecule has 0 saturated carbocycles. The van der Waals surface area contributed by atoms with E-state index in [9.17, 15) is 9.59 Å². The van der Waals surface area contributed by atoms with Crippen molar-refractivity contribution in [3.63, 3.8) is 0 Å². The Labute approximate surface area is 206 Å². The van der Waals surface area contributed by atoms with Gasteiger partial charge in [-0.25, -0.2) is 4.98 Å². The van der Waals surface area contributed by atoms with Gasteiger partial charge in [0.05, 0.1) is 23.4 Å². The van der Waals surface area contributed by atoms with Gasteiger partial charge in [-0.1, -0.05) is 49.0 Å². The molecule has 5 rings (SSSR count). The van der Waals surface area contributed by atoms with Crippen LogP contribution in [0.15, 0.2) is 64.5 Å². The average molecular weight is 491 g/mol. The number of aromatic nitrogens is 2. The van der Waals surface area contributed by atoms with Gasteiger partial charge >= 0.3 is 0 Å². The monoisotopic (exact) mass is 490 g/mol. The molecule has 0 fully saturated rings. The van der Waals surface area contributed by atoms with E-state index in [1.165, 1.54) is 16.6 Å². The third-order valence-electron chi connectivity index (χ3n) is 6.13. The van der Waals surface area contributed by atoms with Crippen LogP contribution < -0.4 is 10.3 Å². The van der Waals surface area contributed by atoms with Crippen molar-refractivity contribution >= 4 is 39.1 Å². The second kappa shape index (κ2) is 9.76. The number of hydrogen-bond donors (Lipinski definition) is 0. The van der Waals surface area contributed by atoms with Gasteiger partial charge < -0.3 is 4.74 Å². The molecular weight excluding hydrogens is 464 g/mol. The first kappa shape index (κ1) is 22.9. The second-order valence-corrected chi connectivity index (χ2v) is 10.6. The zero-order valence-corrected chi connectivity index (χ0v) is 20.9. The molecule has 1 aliphatic carbocycles. The normalized spacial score (nSPS) is 15.3. The van der Waals surface area contributed by atoms with Crippen LogP contribution in [0, 0.1) is 5.92 Å². The lowest BCUT2D eigenvalue weighted by Gasteiger charge is -2.18. The molecule has 2 aromatic carbocycles. The lowest BCUT2D eigenvalue weighted by atomic mass is 9.89. The van der Waals surface area contributed by atoms with Gasteiger partial charge in [-0.05, 0) is 61.9 Å². The SMILES string of the molecule is CCOc1ccc(-n2c(SCC(=O)c3ccccc3)nc3sc4c(c3c2=O)CCC(C)C4)cc1. The molecule has 0 amide bonds. The quantitative estimate of drug-likeness (QED) is 0.182. The Morgan fingerprint density at radius 2 is 1.94 bits per heavy atom. The summed E-state index contributed by atoms with van der Waals surface area (Å²) in [7, 11) is 0. The Kier molecular flexibility index (Phi) is 6.57. The van der Waals surface area contributed by atoms with E-state index in [0.29, 0.717) is 23.2 Å². The maximum Gasteiger partial charge on any atom is 0.267 e. The molecule has 34 heavy (non-hydrogen) atoms. The van der Waals surface area contributed by atoms with Crippen molar-refractivity contribution in [3.05, 3.63) is 81.0 Å². The smallest absolute Gasteiger partial charge is 0.267 e. The first-order chi connectivity index (χ1) is 16.5. The van der Waals surface area contributed by atoms with Crippen LogP contribution in [0.2, 0.25) is 0 Å². The molecule has 2 heterocycles. The van der Waals surface area contributed by atoms with Gasteiger partial charge in [0.2, 0.25) is 0 Å². The Morgan fingerprint density at radius 3 is 2.68 bits per heavy atom. The van der Waals surface area contributed by atoms with E-state index in [-0.39, 0.29) is 17.1 Å². The van der Waals surface area contributed by atoms with Crippen LogP contribution in [0.5, 0.6) is 5.75 Å². The van der Waals surface area contributed by atoms with Gasteiger partial charge in [-0.15, -0.1) is 11.3 Å². The summed E-state index contributed by atoms with van der Waals surface area (Å²) in [4.78, 5) is 33.6. The summed E-state index contributed by atoms with van der Waals surface area (Å²) in [6.45, 7) is 4.78. The molecule has 4 aromatic rings. The molecule has 2 aromatic heterocycles. The number of nitrogens with zero attached hydrogens (tertiary/aromatic N) is 2. The van der Waals surface area contributed by atoms with Gasteiger partial charge in [-0.2, -0.15) is 0 Å². The van der Waals surface area contributed by atoms with Crippen molar-refractivity contribution < 1.29 is 9.53 Å². The minimum Gasteiger partial charge on any atom is -0.494 e. The summed E-state index contributed by atoms with van der Waals surface area (Å²) in [6, 6.07) is 16.7. The Hall–Kier alpha value is -2.90. The zero-order chi connectivity index (χ0) is 23.7. The summed E-state index contributed by atoms with van der Waals surface area (Å²) in [6.07, 6.45) is 2.99. The van der Waals surface area contributed by atoms with Crippen molar-refractivity contribution in [2.75, 3.05) is 12.4 Å². The van der Waals surface area contributed by atoms with E-state index in [1.54, 1.807) is 15.9 Å². The van der Waals surface area contributed by atoms with Crippen LogP contribution in [0.25, 0.3) is 15.9 Å². The molecule has 0 saturated heterocycles. The lowest BCUT2D eigenvalue weighted by Crippen LogP contribution is -2.23. The largest absolute Gasteiger partial charge is 0.494 e. The van der Waals surface area contributed by atoms with Gasteiger partial charge in [0.25, 0.3) is 5.56 Å². The van der Waals surface area contributed by atoms with E-state index >= 15 is 0 Å². The summed E-state index contributed by atoms with van der Waals surface area (Å²) in [5, 5.41) is 1.28. The van der Waals surface area contributed by atoms with Crippen LogP contribution in [-0.2, 0) is 12.8 Å². The third-order valence-corrected chi connectivity index (χ3v) is 8.22. The molecule has 0 radical (unpaired) electrons. The number of hydrogen-bond acceptors (Lipinski definition) is 6. The van der Waals surface area contributed by atoms with Crippen molar-refractivity contribution in [1.82, 2.24) is 9.55 Å². The molecule has 1 unspecified atom stereocenters. The Morgan fingerprint density at radius 1 is 1.18 bits per heavy atom.